The zero-order valence-electron chi connectivity index (χ0n) is 8.79. The number of hydrogen-bond acceptors (Lipinski definition) is 1. The average molecular weight is 228 g/mol. The van der Waals surface area contributed by atoms with Crippen LogP contribution in [0.25, 0.3) is 0 Å². The summed E-state index contributed by atoms with van der Waals surface area (Å²) in [6, 6.07) is 7.05. The third-order valence-corrected chi connectivity index (χ3v) is 5.37. The number of thiol groups is 1. The molecule has 1 aromatic rings. The monoisotopic (exact) mass is 228 g/mol. The van der Waals surface area contributed by atoms with Crippen molar-refractivity contribution in [3.05, 3.63) is 30.1 Å². The van der Waals surface area contributed by atoms with Crippen LogP contribution >= 0.6 is 10.9 Å². The Balaban J connectivity index is 2.03. The van der Waals surface area contributed by atoms with E-state index in [9.17, 15) is 4.39 Å². The smallest absolute Gasteiger partial charge is 0.123 e. The maximum Gasteiger partial charge on any atom is 0.123 e. The molecule has 1 nitrogen and oxygen atoms in total. The highest BCUT2D eigenvalue weighted by molar-refractivity contribution is 8.17. The SMILES string of the molecule is Fc1ccc([SH]2CCCOCCC2)cc1. The first-order chi connectivity index (χ1) is 7.36. The van der Waals surface area contributed by atoms with Crippen molar-refractivity contribution in [1.29, 1.82) is 0 Å². The molecule has 84 valence electrons. The normalized spacial score (nSPS) is 20.7. The molecule has 1 aromatic carbocycles. The minimum atomic E-state index is -0.135. The van der Waals surface area contributed by atoms with E-state index in [2.05, 4.69) is 0 Å². The summed E-state index contributed by atoms with van der Waals surface area (Å²) >= 11 is 0. The first-order valence-corrected chi connectivity index (χ1v) is 7.16. The Kier molecular flexibility index (Phi) is 4.03. The topological polar surface area (TPSA) is 9.23 Å². The summed E-state index contributed by atoms with van der Waals surface area (Å²) in [5, 5.41) is 0. The summed E-state index contributed by atoms with van der Waals surface area (Å²) in [6.45, 7) is 1.78. The van der Waals surface area contributed by atoms with Gasteiger partial charge in [-0.15, -0.1) is 0 Å². The molecule has 0 radical (unpaired) electrons. The van der Waals surface area contributed by atoms with E-state index < -0.39 is 0 Å². The van der Waals surface area contributed by atoms with Crippen LogP contribution in [-0.2, 0) is 4.74 Å². The van der Waals surface area contributed by atoms with Gasteiger partial charge in [0, 0.05) is 13.2 Å². The Morgan fingerprint density at radius 2 is 1.60 bits per heavy atom. The Morgan fingerprint density at radius 1 is 1.00 bits per heavy atom. The molecule has 0 N–H and O–H groups in total. The van der Waals surface area contributed by atoms with Gasteiger partial charge >= 0.3 is 0 Å². The molecule has 0 bridgehead atoms. The van der Waals surface area contributed by atoms with E-state index in [1.165, 1.54) is 16.4 Å². The van der Waals surface area contributed by atoms with Gasteiger partial charge < -0.3 is 4.74 Å². The van der Waals surface area contributed by atoms with Gasteiger partial charge in [0.05, 0.1) is 0 Å². The maximum absolute atomic E-state index is 12.8. The Morgan fingerprint density at radius 3 is 2.20 bits per heavy atom. The van der Waals surface area contributed by atoms with E-state index in [1.807, 2.05) is 12.1 Å². The quantitative estimate of drug-likeness (QED) is 0.727. The highest BCUT2D eigenvalue weighted by Crippen LogP contribution is 2.37. The Hall–Kier alpha value is -0.540. The molecule has 0 atom stereocenters. The molecule has 0 spiro atoms. The molecular weight excluding hydrogens is 211 g/mol. The molecule has 1 fully saturated rings. The second kappa shape index (κ2) is 5.52. The van der Waals surface area contributed by atoms with Crippen LogP contribution < -0.4 is 0 Å². The Bertz CT molecular complexity index is 291. The van der Waals surface area contributed by atoms with Crippen molar-refractivity contribution in [2.24, 2.45) is 0 Å². The first kappa shape index (κ1) is 11.0. The van der Waals surface area contributed by atoms with E-state index in [4.69, 9.17) is 4.74 Å². The van der Waals surface area contributed by atoms with Gasteiger partial charge in [0.25, 0.3) is 0 Å². The highest BCUT2D eigenvalue weighted by atomic mass is 32.2. The fourth-order valence-electron chi connectivity index (χ4n) is 1.84. The number of hydrogen-bond donors (Lipinski definition) is 1. The maximum atomic E-state index is 12.8. The van der Waals surface area contributed by atoms with Crippen molar-refractivity contribution >= 4 is 10.9 Å². The van der Waals surface area contributed by atoms with Crippen molar-refractivity contribution in [1.82, 2.24) is 0 Å². The molecule has 1 aliphatic heterocycles. The van der Waals surface area contributed by atoms with Gasteiger partial charge in [-0.25, -0.2) is 15.3 Å². The van der Waals surface area contributed by atoms with Gasteiger partial charge in [0.15, 0.2) is 0 Å². The van der Waals surface area contributed by atoms with Crippen molar-refractivity contribution in [2.45, 2.75) is 17.7 Å². The number of benzene rings is 1. The number of ether oxygens (including phenoxy) is 1. The number of rotatable bonds is 1. The van der Waals surface area contributed by atoms with Gasteiger partial charge in [-0.1, -0.05) is 0 Å². The zero-order valence-corrected chi connectivity index (χ0v) is 9.68. The number of halogens is 1. The van der Waals surface area contributed by atoms with Crippen LogP contribution in [0.4, 0.5) is 4.39 Å². The fourth-order valence-corrected chi connectivity index (χ4v) is 4.17. The molecule has 0 saturated carbocycles. The second-order valence-corrected chi connectivity index (χ2v) is 6.27. The van der Waals surface area contributed by atoms with Crippen LogP contribution in [0.3, 0.4) is 0 Å². The first-order valence-electron chi connectivity index (χ1n) is 5.44. The lowest BCUT2D eigenvalue weighted by Gasteiger charge is -2.24. The summed E-state index contributed by atoms with van der Waals surface area (Å²) in [7, 11) is -0.0696. The molecule has 1 aliphatic rings. The van der Waals surface area contributed by atoms with Gasteiger partial charge in [-0.05, 0) is 53.5 Å². The summed E-state index contributed by atoms with van der Waals surface area (Å²) in [5.41, 5.74) is 0. The molecule has 0 aromatic heterocycles. The minimum absolute atomic E-state index is 0.0696. The fraction of sp³-hybridized carbons (Fsp3) is 0.500. The van der Waals surface area contributed by atoms with E-state index >= 15 is 0 Å². The Labute approximate surface area is 93.0 Å². The molecule has 2 rings (SSSR count). The molecule has 0 aliphatic carbocycles. The van der Waals surface area contributed by atoms with Gasteiger partial charge in [-0.3, -0.25) is 0 Å². The summed E-state index contributed by atoms with van der Waals surface area (Å²) < 4.78 is 18.2. The lowest BCUT2D eigenvalue weighted by Crippen LogP contribution is -2.08. The molecule has 1 saturated heterocycles. The molecular formula is C12H17FOS. The lowest BCUT2D eigenvalue weighted by atomic mass is 10.3. The van der Waals surface area contributed by atoms with Gasteiger partial charge in [-0.2, -0.15) is 0 Å². The van der Waals surface area contributed by atoms with Crippen LogP contribution in [-0.4, -0.2) is 24.7 Å². The van der Waals surface area contributed by atoms with Gasteiger partial charge in [0.2, 0.25) is 0 Å². The molecule has 1 heterocycles. The zero-order chi connectivity index (χ0) is 10.5. The van der Waals surface area contributed by atoms with E-state index in [0.29, 0.717) is 0 Å². The van der Waals surface area contributed by atoms with E-state index in [-0.39, 0.29) is 16.7 Å². The molecule has 3 heteroatoms. The van der Waals surface area contributed by atoms with Crippen LogP contribution in [0.15, 0.2) is 29.2 Å². The standard InChI is InChI=1S/C12H17FOS/c13-11-3-5-12(6-4-11)15-9-1-7-14-8-2-10-15/h3-6,15H,1-2,7-10H2. The third-order valence-electron chi connectivity index (χ3n) is 2.63. The average Bonchev–Trinajstić information content (AvgIpc) is 2.19. The van der Waals surface area contributed by atoms with Crippen molar-refractivity contribution in [2.75, 3.05) is 24.7 Å². The largest absolute Gasteiger partial charge is 0.381 e. The summed E-state index contributed by atoms with van der Waals surface area (Å²) in [4.78, 5) is 1.34. The van der Waals surface area contributed by atoms with Crippen LogP contribution in [0, 0.1) is 5.82 Å². The van der Waals surface area contributed by atoms with Crippen molar-refractivity contribution < 1.29 is 9.13 Å². The summed E-state index contributed by atoms with van der Waals surface area (Å²) in [5.74, 6) is 2.31. The second-order valence-electron chi connectivity index (χ2n) is 3.78. The van der Waals surface area contributed by atoms with Crippen LogP contribution in [0.2, 0.25) is 0 Å². The third kappa shape index (κ3) is 3.21. The van der Waals surface area contributed by atoms with Gasteiger partial charge in [0.1, 0.15) is 5.82 Å². The molecule has 15 heavy (non-hydrogen) atoms. The van der Waals surface area contributed by atoms with Crippen molar-refractivity contribution in [3.63, 3.8) is 0 Å². The van der Waals surface area contributed by atoms with E-state index in [0.717, 1.165) is 26.1 Å². The highest BCUT2D eigenvalue weighted by Gasteiger charge is 2.09. The molecule has 0 amide bonds. The van der Waals surface area contributed by atoms with Crippen LogP contribution in [0.1, 0.15) is 12.8 Å². The molecule has 0 unspecified atom stereocenters. The van der Waals surface area contributed by atoms with Crippen molar-refractivity contribution in [3.8, 4) is 0 Å². The predicted octanol–water partition coefficient (Wildman–Crippen LogP) is 3.00. The predicted molar refractivity (Wildman–Crippen MR) is 63.4 cm³/mol. The minimum Gasteiger partial charge on any atom is -0.381 e. The lowest BCUT2D eigenvalue weighted by molar-refractivity contribution is 0.135. The summed E-state index contributed by atoms with van der Waals surface area (Å²) in [6.07, 6.45) is 2.28. The van der Waals surface area contributed by atoms with Crippen LogP contribution in [0.5, 0.6) is 0 Å². The van der Waals surface area contributed by atoms with E-state index in [1.54, 1.807) is 12.1 Å².